The van der Waals surface area contributed by atoms with Crippen LogP contribution in [-0.2, 0) is 17.1 Å². The summed E-state index contributed by atoms with van der Waals surface area (Å²) in [6, 6.07) is 0. The number of aryl methyl sites for hydroxylation is 1. The molecule has 3 nitrogen and oxygen atoms in total. The van der Waals surface area contributed by atoms with E-state index in [-0.39, 0.29) is 0 Å². The lowest BCUT2D eigenvalue weighted by Gasteiger charge is -2.34. The summed E-state index contributed by atoms with van der Waals surface area (Å²) >= 11 is 7.49. The van der Waals surface area contributed by atoms with Gasteiger partial charge in [0.1, 0.15) is 5.75 Å². The van der Waals surface area contributed by atoms with Gasteiger partial charge >= 0.3 is 0 Å². The highest BCUT2D eigenvalue weighted by atomic mass is 35.5. The fourth-order valence-corrected chi connectivity index (χ4v) is 2.90. The predicted octanol–water partition coefficient (Wildman–Crippen LogP) is 3.51. The van der Waals surface area contributed by atoms with E-state index in [1.807, 2.05) is 27.0 Å². The summed E-state index contributed by atoms with van der Waals surface area (Å²) in [4.78, 5) is 4.41. The van der Waals surface area contributed by atoms with E-state index in [1.54, 1.807) is 11.8 Å². The van der Waals surface area contributed by atoms with Crippen LogP contribution in [0.15, 0.2) is 6.20 Å². The van der Waals surface area contributed by atoms with Crippen LogP contribution in [0, 0.1) is 6.92 Å². The molecule has 0 aliphatic carbocycles. The summed E-state index contributed by atoms with van der Waals surface area (Å²) in [6.07, 6.45) is 1.92. The van der Waals surface area contributed by atoms with Crippen molar-refractivity contribution in [2.75, 3.05) is 11.6 Å². The highest BCUT2D eigenvalue weighted by molar-refractivity contribution is 7.98. The molecule has 0 atom stereocenters. The lowest BCUT2D eigenvalue weighted by molar-refractivity contribution is -0.180. The number of aromatic nitrogens is 1. The first-order valence-electron chi connectivity index (χ1n) is 5.97. The van der Waals surface area contributed by atoms with Gasteiger partial charge in [0.2, 0.25) is 5.79 Å². The van der Waals surface area contributed by atoms with Gasteiger partial charge in [-0.2, -0.15) is 11.8 Å². The molecule has 0 fully saturated rings. The molecule has 1 aromatic heterocycles. The Kier molecular flexibility index (Phi) is 4.41. The highest BCUT2D eigenvalue weighted by Crippen LogP contribution is 2.36. The van der Waals surface area contributed by atoms with E-state index in [0.717, 1.165) is 28.5 Å². The second-order valence-corrected chi connectivity index (χ2v) is 6.19. The number of rotatable bonds is 4. The van der Waals surface area contributed by atoms with Gasteiger partial charge in [-0.1, -0.05) is 0 Å². The summed E-state index contributed by atoms with van der Waals surface area (Å²) in [6.45, 7) is 6.40. The van der Waals surface area contributed by atoms with Crippen molar-refractivity contribution in [2.24, 2.45) is 0 Å². The lowest BCUT2D eigenvalue weighted by atomic mass is 10.1. The number of thioether (sulfide) groups is 1. The van der Waals surface area contributed by atoms with E-state index in [4.69, 9.17) is 21.1 Å². The SMILES string of the molecule is Cc1ncc(CSCCCl)c2c1OC(C)(C)OC2. The molecule has 0 amide bonds. The van der Waals surface area contributed by atoms with Crippen LogP contribution in [0.3, 0.4) is 0 Å². The molecule has 1 aliphatic rings. The largest absolute Gasteiger partial charge is 0.461 e. The molecule has 0 N–H and O–H groups in total. The van der Waals surface area contributed by atoms with Gasteiger partial charge < -0.3 is 9.47 Å². The minimum Gasteiger partial charge on any atom is -0.461 e. The molecule has 2 rings (SSSR count). The fourth-order valence-electron chi connectivity index (χ4n) is 1.85. The van der Waals surface area contributed by atoms with Crippen LogP contribution in [-0.4, -0.2) is 22.4 Å². The lowest BCUT2D eigenvalue weighted by Crippen LogP contribution is -2.36. The van der Waals surface area contributed by atoms with E-state index < -0.39 is 5.79 Å². The number of nitrogens with zero attached hydrogens (tertiary/aromatic N) is 1. The van der Waals surface area contributed by atoms with Crippen molar-refractivity contribution in [1.82, 2.24) is 4.98 Å². The van der Waals surface area contributed by atoms with E-state index in [1.165, 1.54) is 5.56 Å². The topological polar surface area (TPSA) is 31.4 Å². The maximum Gasteiger partial charge on any atom is 0.205 e. The Bertz CT molecular complexity index is 437. The molecule has 0 spiro atoms. The van der Waals surface area contributed by atoms with E-state index in [0.29, 0.717) is 12.5 Å². The maximum absolute atomic E-state index is 5.88. The van der Waals surface area contributed by atoms with Crippen LogP contribution in [0.25, 0.3) is 0 Å². The molecule has 0 saturated heterocycles. The number of hydrogen-bond donors (Lipinski definition) is 0. The molecule has 0 unspecified atom stereocenters. The van der Waals surface area contributed by atoms with Crippen molar-refractivity contribution in [1.29, 1.82) is 0 Å². The summed E-state index contributed by atoms with van der Waals surface area (Å²) < 4.78 is 11.6. The molecule has 1 aliphatic heterocycles. The van der Waals surface area contributed by atoms with Crippen molar-refractivity contribution >= 4 is 23.4 Å². The summed E-state index contributed by atoms with van der Waals surface area (Å²) in [5.41, 5.74) is 3.23. The van der Waals surface area contributed by atoms with E-state index >= 15 is 0 Å². The van der Waals surface area contributed by atoms with Crippen molar-refractivity contribution < 1.29 is 9.47 Å². The van der Waals surface area contributed by atoms with E-state index in [9.17, 15) is 0 Å². The molecule has 0 bridgehead atoms. The second kappa shape index (κ2) is 5.68. The van der Waals surface area contributed by atoms with Gasteiger partial charge in [-0.05, 0) is 12.5 Å². The highest BCUT2D eigenvalue weighted by Gasteiger charge is 2.30. The Morgan fingerprint density at radius 2 is 2.28 bits per heavy atom. The zero-order valence-corrected chi connectivity index (χ0v) is 12.5. The molecular weight excluding hydrogens is 270 g/mol. The molecule has 0 saturated carbocycles. The van der Waals surface area contributed by atoms with Crippen LogP contribution in [0.4, 0.5) is 0 Å². The second-order valence-electron chi connectivity index (χ2n) is 4.71. The van der Waals surface area contributed by atoms with Crippen LogP contribution in [0.2, 0.25) is 0 Å². The smallest absolute Gasteiger partial charge is 0.205 e. The number of ether oxygens (including phenoxy) is 2. The Labute approximate surface area is 117 Å². The zero-order valence-electron chi connectivity index (χ0n) is 11.0. The molecule has 18 heavy (non-hydrogen) atoms. The molecular formula is C13H18ClNO2S. The first-order chi connectivity index (χ1) is 8.53. The van der Waals surface area contributed by atoms with Gasteiger partial charge in [0, 0.05) is 43.0 Å². The average Bonchev–Trinajstić information content (AvgIpc) is 2.32. The molecule has 0 radical (unpaired) electrons. The third-order valence-corrected chi connectivity index (χ3v) is 4.22. The van der Waals surface area contributed by atoms with Crippen LogP contribution in [0.1, 0.15) is 30.7 Å². The fraction of sp³-hybridized carbons (Fsp3) is 0.615. The quantitative estimate of drug-likeness (QED) is 0.626. The number of alkyl halides is 1. The molecule has 100 valence electrons. The minimum absolute atomic E-state index is 0.568. The third-order valence-electron chi connectivity index (χ3n) is 2.80. The maximum atomic E-state index is 5.88. The monoisotopic (exact) mass is 287 g/mol. The van der Waals surface area contributed by atoms with Gasteiger partial charge in [-0.15, -0.1) is 11.6 Å². The summed E-state index contributed by atoms with van der Waals surface area (Å²) in [5.74, 6) is 2.83. The minimum atomic E-state index is -0.568. The first kappa shape index (κ1) is 14.0. The molecule has 0 aromatic carbocycles. The van der Waals surface area contributed by atoms with Crippen molar-refractivity contribution in [2.45, 2.75) is 38.9 Å². The standard InChI is InChI=1S/C13H18ClNO2S/c1-9-12-11(7-16-13(2,3)17-12)10(6-15-9)8-18-5-4-14/h6H,4-5,7-8H2,1-3H3. The molecule has 2 heterocycles. The summed E-state index contributed by atoms with van der Waals surface area (Å²) in [5, 5.41) is 0. The van der Waals surface area contributed by atoms with Crippen molar-refractivity contribution in [3.8, 4) is 5.75 Å². The van der Waals surface area contributed by atoms with Crippen LogP contribution >= 0.6 is 23.4 Å². The third kappa shape index (κ3) is 3.11. The van der Waals surface area contributed by atoms with Crippen molar-refractivity contribution in [3.05, 3.63) is 23.0 Å². The van der Waals surface area contributed by atoms with Crippen LogP contribution in [0.5, 0.6) is 5.75 Å². The summed E-state index contributed by atoms with van der Waals surface area (Å²) in [7, 11) is 0. The Balaban J connectivity index is 2.24. The Morgan fingerprint density at radius 3 is 3.00 bits per heavy atom. The molecule has 5 heteroatoms. The number of pyridine rings is 1. The number of fused-ring (bicyclic) bond motifs is 1. The number of hydrogen-bond acceptors (Lipinski definition) is 4. The predicted molar refractivity (Wildman–Crippen MR) is 75.4 cm³/mol. The van der Waals surface area contributed by atoms with E-state index in [2.05, 4.69) is 4.98 Å². The van der Waals surface area contributed by atoms with Gasteiger partial charge in [-0.3, -0.25) is 4.98 Å². The van der Waals surface area contributed by atoms with Gasteiger partial charge in [-0.25, -0.2) is 0 Å². The first-order valence-corrected chi connectivity index (χ1v) is 7.66. The van der Waals surface area contributed by atoms with Gasteiger partial charge in [0.25, 0.3) is 0 Å². The Hall–Kier alpha value is -0.450. The molecule has 1 aromatic rings. The van der Waals surface area contributed by atoms with Crippen molar-refractivity contribution in [3.63, 3.8) is 0 Å². The Morgan fingerprint density at radius 1 is 1.50 bits per heavy atom. The van der Waals surface area contributed by atoms with Gasteiger partial charge in [0.15, 0.2) is 0 Å². The normalized spacial score (nSPS) is 17.1. The van der Waals surface area contributed by atoms with Crippen LogP contribution < -0.4 is 4.74 Å². The average molecular weight is 288 g/mol. The zero-order chi connectivity index (χ0) is 13.2. The number of halogens is 1. The van der Waals surface area contributed by atoms with Gasteiger partial charge in [0.05, 0.1) is 12.3 Å².